The van der Waals surface area contributed by atoms with E-state index in [0.717, 1.165) is 6.08 Å². The van der Waals surface area contributed by atoms with Gasteiger partial charge in [0.15, 0.2) is 0 Å². The summed E-state index contributed by atoms with van der Waals surface area (Å²) >= 11 is 16.3. The van der Waals surface area contributed by atoms with Gasteiger partial charge >= 0.3 is 5.97 Å². The Labute approximate surface area is 97.6 Å². The number of alkyl halides is 3. The maximum Gasteiger partial charge on any atom is 0.333 e. The van der Waals surface area contributed by atoms with Gasteiger partial charge in [-0.1, -0.05) is 34.8 Å². The van der Waals surface area contributed by atoms with Crippen LogP contribution in [0.1, 0.15) is 13.8 Å². The van der Waals surface area contributed by atoms with Gasteiger partial charge < -0.3 is 9.84 Å². The van der Waals surface area contributed by atoms with Crippen LogP contribution in [-0.2, 0) is 9.53 Å². The van der Waals surface area contributed by atoms with Crippen molar-refractivity contribution in [3.05, 3.63) is 11.6 Å². The molecule has 0 aliphatic rings. The van der Waals surface area contributed by atoms with Crippen molar-refractivity contribution in [1.29, 1.82) is 0 Å². The van der Waals surface area contributed by atoms with E-state index >= 15 is 0 Å². The SMILES string of the molecule is CC(C)OC/C(=C\C(Cl)(Cl)Cl)C(=O)O. The van der Waals surface area contributed by atoms with Crippen molar-refractivity contribution < 1.29 is 14.6 Å². The number of carboxylic acids is 1. The maximum absolute atomic E-state index is 10.7. The van der Waals surface area contributed by atoms with E-state index in [2.05, 4.69) is 0 Å². The van der Waals surface area contributed by atoms with Crippen LogP contribution in [0, 0.1) is 0 Å². The summed E-state index contributed by atoms with van der Waals surface area (Å²) in [5.41, 5.74) is -0.0706. The van der Waals surface area contributed by atoms with Crippen molar-refractivity contribution in [1.82, 2.24) is 0 Å². The Morgan fingerprint density at radius 2 is 2.00 bits per heavy atom. The number of ether oxygens (including phenoxy) is 1. The van der Waals surface area contributed by atoms with Crippen LogP contribution >= 0.6 is 34.8 Å². The standard InChI is InChI=1S/C8H11Cl3O3/c1-5(2)14-4-6(7(12)13)3-8(9,10)11/h3,5H,4H2,1-2H3,(H,12,13)/b6-3+. The van der Waals surface area contributed by atoms with Crippen molar-refractivity contribution in [2.75, 3.05) is 6.61 Å². The second-order valence-corrected chi connectivity index (χ2v) is 5.25. The molecule has 0 aromatic carbocycles. The van der Waals surface area contributed by atoms with Crippen LogP contribution in [0.15, 0.2) is 11.6 Å². The predicted molar refractivity (Wildman–Crippen MR) is 57.1 cm³/mol. The minimum atomic E-state index is -1.71. The summed E-state index contributed by atoms with van der Waals surface area (Å²) in [4.78, 5) is 10.7. The highest BCUT2D eigenvalue weighted by molar-refractivity contribution is 6.69. The Morgan fingerprint density at radius 3 is 2.29 bits per heavy atom. The summed E-state index contributed by atoms with van der Waals surface area (Å²) in [6.45, 7) is 3.49. The second-order valence-electron chi connectivity index (χ2n) is 2.88. The monoisotopic (exact) mass is 260 g/mol. The largest absolute Gasteiger partial charge is 0.478 e. The normalized spacial score (nSPS) is 13.4. The molecule has 0 unspecified atom stereocenters. The third-order valence-electron chi connectivity index (χ3n) is 1.18. The number of rotatable bonds is 4. The molecule has 0 spiro atoms. The first-order chi connectivity index (χ1) is 6.22. The van der Waals surface area contributed by atoms with Crippen LogP contribution in [-0.4, -0.2) is 27.6 Å². The van der Waals surface area contributed by atoms with E-state index in [-0.39, 0.29) is 18.3 Å². The molecule has 0 aliphatic heterocycles. The molecular formula is C8H11Cl3O3. The van der Waals surface area contributed by atoms with Gasteiger partial charge in [0.05, 0.1) is 18.3 Å². The third kappa shape index (κ3) is 7.44. The quantitative estimate of drug-likeness (QED) is 0.625. The summed E-state index contributed by atoms with van der Waals surface area (Å²) < 4.78 is 3.37. The van der Waals surface area contributed by atoms with Crippen LogP contribution in [0.5, 0.6) is 0 Å². The molecular weight excluding hydrogens is 250 g/mol. The smallest absolute Gasteiger partial charge is 0.333 e. The Balaban J connectivity index is 4.46. The highest BCUT2D eigenvalue weighted by Gasteiger charge is 2.20. The minimum Gasteiger partial charge on any atom is -0.478 e. The number of hydrogen-bond donors (Lipinski definition) is 1. The maximum atomic E-state index is 10.7. The third-order valence-corrected chi connectivity index (χ3v) is 1.51. The minimum absolute atomic E-state index is 0.0706. The molecule has 0 radical (unpaired) electrons. The molecule has 0 rings (SSSR count). The fraction of sp³-hybridized carbons (Fsp3) is 0.625. The lowest BCUT2D eigenvalue weighted by Gasteiger charge is -2.10. The molecule has 0 bridgehead atoms. The zero-order valence-electron chi connectivity index (χ0n) is 7.76. The first kappa shape index (κ1) is 14.0. The lowest BCUT2D eigenvalue weighted by atomic mass is 10.3. The molecule has 3 nitrogen and oxygen atoms in total. The van der Waals surface area contributed by atoms with Gasteiger partial charge in [-0.2, -0.15) is 0 Å². The van der Waals surface area contributed by atoms with Crippen LogP contribution < -0.4 is 0 Å². The number of halogens is 3. The van der Waals surface area contributed by atoms with Gasteiger partial charge in [0.1, 0.15) is 0 Å². The molecule has 0 saturated carbocycles. The molecule has 14 heavy (non-hydrogen) atoms. The van der Waals surface area contributed by atoms with Gasteiger partial charge in [-0.25, -0.2) is 4.79 Å². The van der Waals surface area contributed by atoms with E-state index in [9.17, 15) is 4.79 Å². The van der Waals surface area contributed by atoms with Gasteiger partial charge in [0.25, 0.3) is 0 Å². The van der Waals surface area contributed by atoms with Crippen molar-refractivity contribution in [2.24, 2.45) is 0 Å². The topological polar surface area (TPSA) is 46.5 Å². The molecule has 0 saturated heterocycles. The van der Waals surface area contributed by atoms with Gasteiger partial charge in [0, 0.05) is 0 Å². The second kappa shape index (κ2) is 5.81. The van der Waals surface area contributed by atoms with Gasteiger partial charge in [0.2, 0.25) is 3.79 Å². The summed E-state index contributed by atoms with van der Waals surface area (Å²) in [5, 5.41) is 8.73. The fourth-order valence-electron chi connectivity index (χ4n) is 0.619. The lowest BCUT2D eigenvalue weighted by molar-refractivity contribution is -0.133. The van der Waals surface area contributed by atoms with Gasteiger partial charge in [-0.15, -0.1) is 0 Å². The molecule has 6 heteroatoms. The highest BCUT2D eigenvalue weighted by atomic mass is 35.6. The van der Waals surface area contributed by atoms with Crippen LogP contribution in [0.4, 0.5) is 0 Å². The summed E-state index contributed by atoms with van der Waals surface area (Å²) in [6, 6.07) is 0. The van der Waals surface area contributed by atoms with Crippen molar-refractivity contribution in [3.63, 3.8) is 0 Å². The van der Waals surface area contributed by atoms with Crippen molar-refractivity contribution in [2.45, 2.75) is 23.7 Å². The molecule has 0 heterocycles. The lowest BCUT2D eigenvalue weighted by Crippen LogP contribution is -2.14. The Morgan fingerprint density at radius 1 is 1.50 bits per heavy atom. The number of carbonyl (C=O) groups is 1. The average molecular weight is 262 g/mol. The molecule has 1 N–H and O–H groups in total. The van der Waals surface area contributed by atoms with E-state index in [1.54, 1.807) is 13.8 Å². The molecule has 0 aromatic rings. The molecule has 82 valence electrons. The van der Waals surface area contributed by atoms with Crippen LogP contribution in [0.2, 0.25) is 0 Å². The predicted octanol–water partition coefficient (Wildman–Crippen LogP) is 2.79. The van der Waals surface area contributed by atoms with E-state index in [0.29, 0.717) is 0 Å². The fourth-order valence-corrected chi connectivity index (χ4v) is 1.01. The number of carboxylic acid groups (broad SMARTS) is 1. The van der Waals surface area contributed by atoms with E-state index in [4.69, 9.17) is 44.6 Å². The zero-order valence-corrected chi connectivity index (χ0v) is 10.0. The Hall–Kier alpha value is 0.0400. The van der Waals surface area contributed by atoms with Gasteiger partial charge in [-0.05, 0) is 19.9 Å². The van der Waals surface area contributed by atoms with Crippen molar-refractivity contribution in [3.8, 4) is 0 Å². The summed E-state index contributed by atoms with van der Waals surface area (Å²) in [5.74, 6) is -1.16. The number of hydrogen-bond acceptors (Lipinski definition) is 2. The zero-order chi connectivity index (χ0) is 11.4. The molecule has 0 aliphatic carbocycles. The van der Waals surface area contributed by atoms with Crippen LogP contribution in [0.25, 0.3) is 0 Å². The number of allylic oxidation sites excluding steroid dienone is 1. The number of aliphatic carboxylic acids is 1. The van der Waals surface area contributed by atoms with E-state index in [1.807, 2.05) is 0 Å². The van der Waals surface area contributed by atoms with Gasteiger partial charge in [-0.3, -0.25) is 0 Å². The van der Waals surface area contributed by atoms with E-state index < -0.39 is 9.76 Å². The first-order valence-electron chi connectivity index (χ1n) is 3.85. The van der Waals surface area contributed by atoms with Crippen LogP contribution in [0.3, 0.4) is 0 Å². The Bertz CT molecular complexity index is 230. The van der Waals surface area contributed by atoms with Crippen molar-refractivity contribution >= 4 is 40.8 Å². The van der Waals surface area contributed by atoms with E-state index in [1.165, 1.54) is 0 Å². The summed E-state index contributed by atoms with van der Waals surface area (Å²) in [6.07, 6.45) is 0.954. The highest BCUT2D eigenvalue weighted by Crippen LogP contribution is 2.29. The average Bonchev–Trinajstić information content (AvgIpc) is 1.94. The molecule has 0 fully saturated rings. The molecule has 0 amide bonds. The first-order valence-corrected chi connectivity index (χ1v) is 4.99. The Kier molecular flexibility index (Phi) is 5.83. The molecule has 0 aromatic heterocycles. The molecule has 0 atom stereocenters. The summed E-state index contributed by atoms with van der Waals surface area (Å²) in [7, 11) is 0.